The normalized spacial score (nSPS) is 17.8. The minimum Gasteiger partial charge on any atom is -0.494 e. The van der Waals surface area contributed by atoms with E-state index in [1.165, 1.54) is 0 Å². The number of carboxylic acid groups (broad SMARTS) is 1. The minimum absolute atomic E-state index is 0.0630. The molecule has 1 saturated heterocycles. The first-order valence-electron chi connectivity index (χ1n) is 7.82. The number of nitrogens with zero attached hydrogens (tertiary/aromatic N) is 1. The number of benzene rings is 1. The summed E-state index contributed by atoms with van der Waals surface area (Å²) in [6.45, 7) is 3.75. The molecule has 0 bridgehead atoms. The molecule has 1 unspecified atom stereocenters. The van der Waals surface area contributed by atoms with Crippen molar-refractivity contribution >= 4 is 11.9 Å². The molecule has 1 N–H and O–H groups in total. The van der Waals surface area contributed by atoms with Crippen molar-refractivity contribution in [2.45, 2.75) is 32.6 Å². The molecular formula is C17H23NO4. The molecule has 1 aromatic carbocycles. The Morgan fingerprint density at radius 3 is 2.68 bits per heavy atom. The van der Waals surface area contributed by atoms with Crippen LogP contribution in [0, 0.1) is 5.92 Å². The lowest BCUT2D eigenvalue weighted by Crippen LogP contribution is -2.28. The van der Waals surface area contributed by atoms with E-state index in [9.17, 15) is 9.59 Å². The summed E-state index contributed by atoms with van der Waals surface area (Å²) in [5.74, 6) is -0.640. The highest BCUT2D eigenvalue weighted by molar-refractivity contribution is 5.86. The second-order valence-corrected chi connectivity index (χ2v) is 5.68. The number of amides is 1. The average Bonchev–Trinajstić information content (AvgIpc) is 2.88. The fraction of sp³-hybridized carbons (Fsp3) is 0.529. The second kappa shape index (κ2) is 7.82. The third kappa shape index (κ3) is 4.48. The van der Waals surface area contributed by atoms with Gasteiger partial charge >= 0.3 is 5.97 Å². The van der Waals surface area contributed by atoms with Gasteiger partial charge in [-0.3, -0.25) is 9.59 Å². The van der Waals surface area contributed by atoms with Crippen molar-refractivity contribution < 1.29 is 19.4 Å². The number of rotatable bonds is 8. The van der Waals surface area contributed by atoms with Crippen molar-refractivity contribution in [3.05, 3.63) is 29.8 Å². The number of likely N-dealkylation sites (tertiary alicyclic amines) is 1. The van der Waals surface area contributed by atoms with Crippen LogP contribution in [-0.4, -0.2) is 41.6 Å². The molecule has 0 radical (unpaired) electrons. The summed E-state index contributed by atoms with van der Waals surface area (Å²) in [6, 6.07) is 7.88. The van der Waals surface area contributed by atoms with Gasteiger partial charge in [0.25, 0.3) is 0 Å². The van der Waals surface area contributed by atoms with E-state index in [0.29, 0.717) is 13.1 Å². The van der Waals surface area contributed by atoms with Gasteiger partial charge in [-0.1, -0.05) is 25.5 Å². The van der Waals surface area contributed by atoms with Crippen LogP contribution < -0.4 is 4.74 Å². The molecule has 0 aliphatic carbocycles. The van der Waals surface area contributed by atoms with Crippen LogP contribution in [0.3, 0.4) is 0 Å². The predicted octanol–water partition coefficient (Wildman–Crippen LogP) is 2.34. The summed E-state index contributed by atoms with van der Waals surface area (Å²) in [6.07, 6.45) is 3.01. The van der Waals surface area contributed by atoms with Gasteiger partial charge in [0.05, 0.1) is 12.5 Å². The molecule has 1 aromatic rings. The highest BCUT2D eigenvalue weighted by Gasteiger charge is 2.33. The molecule has 0 spiro atoms. The molecule has 0 aromatic heterocycles. The fourth-order valence-corrected chi connectivity index (χ4v) is 2.50. The zero-order valence-corrected chi connectivity index (χ0v) is 13.0. The van der Waals surface area contributed by atoms with E-state index < -0.39 is 11.9 Å². The maximum Gasteiger partial charge on any atom is 0.308 e. The van der Waals surface area contributed by atoms with E-state index in [4.69, 9.17) is 9.84 Å². The number of aliphatic carboxylic acids is 1. The molecule has 1 atom stereocenters. The van der Waals surface area contributed by atoms with Crippen LogP contribution in [0.15, 0.2) is 24.3 Å². The molecule has 5 nitrogen and oxygen atoms in total. The zero-order valence-electron chi connectivity index (χ0n) is 13.0. The predicted molar refractivity (Wildman–Crippen MR) is 82.9 cm³/mol. The maximum absolute atomic E-state index is 11.8. The fourth-order valence-electron chi connectivity index (χ4n) is 2.50. The van der Waals surface area contributed by atoms with Crippen LogP contribution in [-0.2, 0) is 16.0 Å². The summed E-state index contributed by atoms with van der Waals surface area (Å²) in [5, 5.41) is 8.96. The third-order valence-corrected chi connectivity index (χ3v) is 3.92. The number of ether oxygens (including phenoxy) is 1. The first-order chi connectivity index (χ1) is 10.6. The number of hydrogen-bond donors (Lipinski definition) is 1. The molecule has 1 aliphatic rings. The topological polar surface area (TPSA) is 66.8 Å². The molecule has 1 amide bonds. The van der Waals surface area contributed by atoms with Crippen LogP contribution in [0.4, 0.5) is 0 Å². The van der Waals surface area contributed by atoms with Gasteiger partial charge in [-0.05, 0) is 30.5 Å². The lowest BCUT2D eigenvalue weighted by atomic mass is 10.1. The van der Waals surface area contributed by atoms with Crippen LogP contribution in [0.1, 0.15) is 31.7 Å². The van der Waals surface area contributed by atoms with Gasteiger partial charge in [0.15, 0.2) is 0 Å². The molecule has 2 rings (SSSR count). The Balaban J connectivity index is 1.79. The Labute approximate surface area is 130 Å². The molecule has 0 saturated carbocycles. The van der Waals surface area contributed by atoms with E-state index in [1.54, 1.807) is 4.90 Å². The van der Waals surface area contributed by atoms with E-state index in [0.717, 1.165) is 37.2 Å². The Bertz CT molecular complexity index is 512. The monoisotopic (exact) mass is 305 g/mol. The number of carboxylic acids is 1. The molecule has 5 heteroatoms. The van der Waals surface area contributed by atoms with Crippen LogP contribution in [0.5, 0.6) is 5.75 Å². The van der Waals surface area contributed by atoms with E-state index >= 15 is 0 Å². The Kier molecular flexibility index (Phi) is 5.81. The summed E-state index contributed by atoms with van der Waals surface area (Å²) < 4.78 is 5.61. The van der Waals surface area contributed by atoms with Crippen molar-refractivity contribution in [3.63, 3.8) is 0 Å². The van der Waals surface area contributed by atoms with Gasteiger partial charge in [-0.2, -0.15) is 0 Å². The summed E-state index contributed by atoms with van der Waals surface area (Å²) >= 11 is 0. The molecule has 1 aliphatic heterocycles. The zero-order chi connectivity index (χ0) is 15.9. The summed E-state index contributed by atoms with van der Waals surface area (Å²) in [7, 11) is 0. The van der Waals surface area contributed by atoms with Gasteiger partial charge in [0.1, 0.15) is 5.75 Å². The standard InChI is InChI=1S/C17H23NO4/c1-2-3-10-22-15-6-4-13(5-7-15)8-9-18-12-14(17(20)21)11-16(18)19/h4-7,14H,2-3,8-12H2,1H3,(H,20,21). The highest BCUT2D eigenvalue weighted by atomic mass is 16.5. The largest absolute Gasteiger partial charge is 0.494 e. The SMILES string of the molecule is CCCCOc1ccc(CCN2CC(C(=O)O)CC2=O)cc1. The maximum atomic E-state index is 11.8. The molecule has 120 valence electrons. The molecule has 22 heavy (non-hydrogen) atoms. The number of carbonyl (C=O) groups excluding carboxylic acids is 1. The van der Waals surface area contributed by atoms with Crippen molar-refractivity contribution in [3.8, 4) is 5.75 Å². The van der Waals surface area contributed by atoms with Gasteiger partial charge in [-0.25, -0.2) is 0 Å². The van der Waals surface area contributed by atoms with E-state index in [1.807, 2.05) is 24.3 Å². The summed E-state index contributed by atoms with van der Waals surface area (Å²) in [4.78, 5) is 24.3. The Hall–Kier alpha value is -2.04. The van der Waals surface area contributed by atoms with Crippen molar-refractivity contribution in [1.29, 1.82) is 0 Å². The average molecular weight is 305 g/mol. The molecular weight excluding hydrogens is 282 g/mol. The Morgan fingerprint density at radius 2 is 2.09 bits per heavy atom. The van der Waals surface area contributed by atoms with Gasteiger partial charge < -0.3 is 14.7 Å². The number of unbranched alkanes of at least 4 members (excludes halogenated alkanes) is 1. The lowest BCUT2D eigenvalue weighted by molar-refractivity contribution is -0.141. The van der Waals surface area contributed by atoms with Crippen molar-refractivity contribution in [2.24, 2.45) is 5.92 Å². The van der Waals surface area contributed by atoms with Crippen molar-refractivity contribution in [1.82, 2.24) is 4.90 Å². The Morgan fingerprint density at radius 1 is 1.36 bits per heavy atom. The smallest absolute Gasteiger partial charge is 0.308 e. The quantitative estimate of drug-likeness (QED) is 0.749. The first kappa shape index (κ1) is 16.3. The number of carbonyl (C=O) groups is 2. The van der Waals surface area contributed by atoms with Crippen LogP contribution >= 0.6 is 0 Å². The van der Waals surface area contributed by atoms with E-state index in [2.05, 4.69) is 6.92 Å². The van der Waals surface area contributed by atoms with Gasteiger partial charge in [-0.15, -0.1) is 0 Å². The van der Waals surface area contributed by atoms with E-state index in [-0.39, 0.29) is 12.3 Å². The third-order valence-electron chi connectivity index (χ3n) is 3.92. The first-order valence-corrected chi connectivity index (χ1v) is 7.82. The second-order valence-electron chi connectivity index (χ2n) is 5.68. The van der Waals surface area contributed by atoms with Gasteiger partial charge in [0, 0.05) is 19.5 Å². The van der Waals surface area contributed by atoms with Gasteiger partial charge in [0.2, 0.25) is 5.91 Å². The number of hydrogen-bond acceptors (Lipinski definition) is 3. The van der Waals surface area contributed by atoms with Crippen molar-refractivity contribution in [2.75, 3.05) is 19.7 Å². The van der Waals surface area contributed by atoms with Crippen LogP contribution in [0.25, 0.3) is 0 Å². The minimum atomic E-state index is -0.885. The lowest BCUT2D eigenvalue weighted by Gasteiger charge is -2.16. The molecule has 1 heterocycles. The molecule has 1 fully saturated rings. The summed E-state index contributed by atoms with van der Waals surface area (Å²) in [5.41, 5.74) is 1.12. The highest BCUT2D eigenvalue weighted by Crippen LogP contribution is 2.19. The van der Waals surface area contributed by atoms with Crippen LogP contribution in [0.2, 0.25) is 0 Å².